The fourth-order valence-corrected chi connectivity index (χ4v) is 3.74. The largest absolute Gasteiger partial charge is 0.0654 e. The molecule has 1 aliphatic carbocycles. The van der Waals surface area contributed by atoms with Gasteiger partial charge in [0.25, 0.3) is 0 Å². The second kappa shape index (κ2) is 7.38. The van der Waals surface area contributed by atoms with E-state index in [0.29, 0.717) is 5.92 Å². The summed E-state index contributed by atoms with van der Waals surface area (Å²) in [7, 11) is 0. The molecule has 0 fully saturated rings. The predicted octanol–water partition coefficient (Wildman–Crippen LogP) is 7.18. The van der Waals surface area contributed by atoms with Crippen molar-refractivity contribution >= 4 is 6.08 Å². The van der Waals surface area contributed by atoms with E-state index in [2.05, 4.69) is 76.6 Å². The Morgan fingerprint density at radius 1 is 0.958 bits per heavy atom. The van der Waals surface area contributed by atoms with E-state index < -0.39 is 0 Å². The number of hydrogen-bond acceptors (Lipinski definition) is 0. The predicted molar refractivity (Wildman–Crippen MR) is 106 cm³/mol. The van der Waals surface area contributed by atoms with Crippen LogP contribution in [0.25, 0.3) is 17.2 Å². The molecule has 0 aliphatic heterocycles. The van der Waals surface area contributed by atoms with Gasteiger partial charge in [0.2, 0.25) is 0 Å². The molecule has 24 heavy (non-hydrogen) atoms. The van der Waals surface area contributed by atoms with Crippen molar-refractivity contribution in [1.29, 1.82) is 0 Å². The summed E-state index contributed by atoms with van der Waals surface area (Å²) in [5.41, 5.74) is 10.1. The lowest BCUT2D eigenvalue weighted by molar-refractivity contribution is 0.797. The van der Waals surface area contributed by atoms with Crippen LogP contribution in [0.3, 0.4) is 0 Å². The minimum Gasteiger partial charge on any atom is -0.0654 e. The first kappa shape index (κ1) is 17.0. The lowest BCUT2D eigenvalue weighted by Gasteiger charge is -2.19. The molecule has 2 aromatic rings. The average molecular weight is 317 g/mol. The highest BCUT2D eigenvalue weighted by Gasteiger charge is 2.21. The molecule has 1 aliphatic rings. The molecular weight excluding hydrogens is 288 g/mol. The van der Waals surface area contributed by atoms with E-state index >= 15 is 0 Å². The Hall–Kier alpha value is -1.82. The van der Waals surface area contributed by atoms with Gasteiger partial charge >= 0.3 is 0 Å². The molecule has 0 N–H and O–H groups in total. The number of benzene rings is 2. The lowest BCUT2D eigenvalue weighted by atomic mass is 9.85. The van der Waals surface area contributed by atoms with E-state index in [1.165, 1.54) is 58.2 Å². The van der Waals surface area contributed by atoms with Crippen molar-refractivity contribution in [3.63, 3.8) is 0 Å². The van der Waals surface area contributed by atoms with E-state index in [1.807, 2.05) is 0 Å². The quantitative estimate of drug-likeness (QED) is 0.529. The molecule has 0 heteroatoms. The lowest BCUT2D eigenvalue weighted by Crippen LogP contribution is -1.99. The number of unbranched alkanes of at least 4 members (excludes halogenated alkanes) is 1. The number of allylic oxidation sites excluding steroid dienone is 1. The summed E-state index contributed by atoms with van der Waals surface area (Å²) in [5.74, 6) is 0.531. The number of rotatable bonds is 6. The van der Waals surface area contributed by atoms with Gasteiger partial charge in [0.1, 0.15) is 0 Å². The zero-order valence-corrected chi connectivity index (χ0v) is 15.5. The molecule has 0 saturated heterocycles. The second-order valence-corrected chi connectivity index (χ2v) is 7.17. The summed E-state index contributed by atoms with van der Waals surface area (Å²) in [6.07, 6.45) is 9.63. The minimum absolute atomic E-state index is 0.531. The van der Waals surface area contributed by atoms with Crippen LogP contribution in [0.15, 0.2) is 42.0 Å². The molecule has 0 heterocycles. The zero-order valence-electron chi connectivity index (χ0n) is 15.5. The number of fused-ring (bicyclic) bond motifs is 1. The number of aryl methyl sites for hydroxylation is 1. The summed E-state index contributed by atoms with van der Waals surface area (Å²) < 4.78 is 0. The molecule has 0 nitrogen and oxygen atoms in total. The topological polar surface area (TPSA) is 0 Å². The van der Waals surface area contributed by atoms with Gasteiger partial charge in [-0.05, 0) is 58.6 Å². The van der Waals surface area contributed by atoms with Gasteiger partial charge < -0.3 is 0 Å². The van der Waals surface area contributed by atoms with Gasteiger partial charge in [-0.2, -0.15) is 0 Å². The standard InChI is InChI=1S/C24H29/c1-5-7-10-18-15-20-13-14-21(17(3)4)24(23(20)16-18)22-12-9-8-11-19(22)6-2/h8-9,11-17H,5-7,10H2,1-4H3. The summed E-state index contributed by atoms with van der Waals surface area (Å²) >= 11 is 0. The first-order valence-electron chi connectivity index (χ1n) is 9.46. The third-order valence-electron chi connectivity index (χ3n) is 5.09. The van der Waals surface area contributed by atoms with Crippen LogP contribution in [0.2, 0.25) is 0 Å². The van der Waals surface area contributed by atoms with Gasteiger partial charge in [0.15, 0.2) is 0 Å². The minimum atomic E-state index is 0.531. The zero-order chi connectivity index (χ0) is 17.1. The molecule has 2 aromatic carbocycles. The normalized spacial score (nSPS) is 13.3. The van der Waals surface area contributed by atoms with Gasteiger partial charge in [0, 0.05) is 6.42 Å². The highest BCUT2D eigenvalue weighted by Crippen LogP contribution is 2.42. The van der Waals surface area contributed by atoms with Crippen molar-refractivity contribution < 1.29 is 0 Å². The Morgan fingerprint density at radius 2 is 1.75 bits per heavy atom. The van der Waals surface area contributed by atoms with Crippen LogP contribution in [-0.4, -0.2) is 0 Å². The fraction of sp³-hybridized carbons (Fsp3) is 0.375. The van der Waals surface area contributed by atoms with Crippen LogP contribution in [0.4, 0.5) is 0 Å². The van der Waals surface area contributed by atoms with E-state index in [4.69, 9.17) is 0 Å². The van der Waals surface area contributed by atoms with Crippen molar-refractivity contribution in [3.05, 3.63) is 70.6 Å². The van der Waals surface area contributed by atoms with Gasteiger partial charge in [0.05, 0.1) is 0 Å². The monoisotopic (exact) mass is 317 g/mol. The van der Waals surface area contributed by atoms with E-state index in [9.17, 15) is 0 Å². The summed E-state index contributed by atoms with van der Waals surface area (Å²) in [4.78, 5) is 0. The molecule has 1 radical (unpaired) electrons. The molecule has 0 bridgehead atoms. The third kappa shape index (κ3) is 3.20. The Labute approximate surface area is 147 Å². The Morgan fingerprint density at radius 3 is 2.46 bits per heavy atom. The van der Waals surface area contributed by atoms with Crippen LogP contribution in [-0.2, 0) is 6.42 Å². The highest BCUT2D eigenvalue weighted by atomic mass is 14.3. The fourth-order valence-electron chi connectivity index (χ4n) is 3.74. The van der Waals surface area contributed by atoms with E-state index in [1.54, 1.807) is 0 Å². The molecular formula is C24H29. The molecule has 3 rings (SSSR count). The van der Waals surface area contributed by atoms with Crippen LogP contribution in [0.5, 0.6) is 0 Å². The van der Waals surface area contributed by atoms with Gasteiger partial charge in [-0.1, -0.05) is 82.2 Å². The molecule has 125 valence electrons. The Kier molecular flexibility index (Phi) is 5.23. The summed E-state index contributed by atoms with van der Waals surface area (Å²) in [6.45, 7) is 9.13. The maximum atomic E-state index is 2.44. The summed E-state index contributed by atoms with van der Waals surface area (Å²) in [5, 5.41) is 0. The van der Waals surface area contributed by atoms with Gasteiger partial charge in [-0.15, -0.1) is 0 Å². The average Bonchev–Trinajstić information content (AvgIpc) is 3.01. The van der Waals surface area contributed by atoms with Crippen molar-refractivity contribution in [2.75, 3.05) is 0 Å². The first-order valence-corrected chi connectivity index (χ1v) is 9.46. The molecule has 0 amide bonds. The smallest absolute Gasteiger partial charge is 0.0164 e. The molecule has 0 aromatic heterocycles. The SMILES string of the molecule is CCCCC1=Cc2c(ccc(C(C)C)c2-c2ccccc2CC)[CH]1. The van der Waals surface area contributed by atoms with E-state index in [0.717, 1.165) is 6.42 Å². The summed E-state index contributed by atoms with van der Waals surface area (Å²) in [6, 6.07) is 13.6. The first-order chi connectivity index (χ1) is 11.7. The maximum absolute atomic E-state index is 2.44. The Bertz CT molecular complexity index is 747. The van der Waals surface area contributed by atoms with Crippen LogP contribution in [0, 0.1) is 6.42 Å². The second-order valence-electron chi connectivity index (χ2n) is 7.17. The molecule has 0 unspecified atom stereocenters. The van der Waals surface area contributed by atoms with Gasteiger partial charge in [-0.3, -0.25) is 0 Å². The highest BCUT2D eigenvalue weighted by molar-refractivity contribution is 5.86. The van der Waals surface area contributed by atoms with Crippen LogP contribution >= 0.6 is 0 Å². The molecule has 0 spiro atoms. The third-order valence-corrected chi connectivity index (χ3v) is 5.09. The maximum Gasteiger partial charge on any atom is 0.0164 e. The van der Waals surface area contributed by atoms with Gasteiger partial charge in [-0.25, -0.2) is 0 Å². The van der Waals surface area contributed by atoms with Crippen LogP contribution in [0.1, 0.15) is 75.1 Å². The molecule has 0 saturated carbocycles. The number of hydrogen-bond donors (Lipinski definition) is 0. The van der Waals surface area contributed by atoms with E-state index in [-0.39, 0.29) is 0 Å². The van der Waals surface area contributed by atoms with Crippen molar-refractivity contribution in [3.8, 4) is 11.1 Å². The van der Waals surface area contributed by atoms with Crippen molar-refractivity contribution in [2.45, 2.75) is 59.3 Å². The van der Waals surface area contributed by atoms with Crippen molar-refractivity contribution in [1.82, 2.24) is 0 Å². The molecule has 0 atom stereocenters. The Balaban J connectivity index is 2.17. The van der Waals surface area contributed by atoms with Crippen molar-refractivity contribution in [2.24, 2.45) is 0 Å². The van der Waals surface area contributed by atoms with Crippen LogP contribution < -0.4 is 0 Å².